The molecule has 90 valence electrons. The summed E-state index contributed by atoms with van der Waals surface area (Å²) in [6.45, 7) is 4.65. The van der Waals surface area contributed by atoms with Gasteiger partial charge in [0.1, 0.15) is 11.6 Å². The molecule has 1 aromatic rings. The van der Waals surface area contributed by atoms with Crippen LogP contribution in [0.4, 0.5) is 8.78 Å². The molecule has 4 heteroatoms. The first-order valence-corrected chi connectivity index (χ1v) is 6.39. The van der Waals surface area contributed by atoms with Crippen LogP contribution in [0.2, 0.25) is 0 Å². The van der Waals surface area contributed by atoms with E-state index < -0.39 is 11.6 Å². The molecule has 0 aliphatic heterocycles. The van der Waals surface area contributed by atoms with Gasteiger partial charge in [0.05, 0.1) is 0 Å². The fourth-order valence-corrected chi connectivity index (χ4v) is 1.89. The molecule has 16 heavy (non-hydrogen) atoms. The molecular formula is C12H16BrF2N. The third-order valence-electron chi connectivity index (χ3n) is 2.65. The van der Waals surface area contributed by atoms with Crippen LogP contribution in [-0.2, 0) is 6.54 Å². The Morgan fingerprint density at radius 2 is 1.75 bits per heavy atom. The molecule has 0 fully saturated rings. The van der Waals surface area contributed by atoms with Gasteiger partial charge in [-0.05, 0) is 30.5 Å². The molecule has 0 saturated heterocycles. The Labute approximate surface area is 103 Å². The third kappa shape index (κ3) is 4.18. The predicted octanol–water partition coefficient (Wildman–Crippen LogP) is 3.47. The number of hydrogen-bond donors (Lipinski definition) is 1. The molecule has 0 heterocycles. The van der Waals surface area contributed by atoms with E-state index in [2.05, 4.69) is 35.1 Å². The number of nitrogens with one attached hydrogen (secondary N) is 1. The summed E-state index contributed by atoms with van der Waals surface area (Å²) < 4.78 is 25.8. The second kappa shape index (κ2) is 6.30. The lowest BCUT2D eigenvalue weighted by Gasteiger charge is -2.19. The Bertz CT molecular complexity index is 324. The van der Waals surface area contributed by atoms with Gasteiger partial charge in [-0.15, -0.1) is 0 Å². The maximum Gasteiger partial charge on any atom is 0.126 e. The molecule has 0 aliphatic carbocycles. The van der Waals surface area contributed by atoms with Crippen LogP contribution in [0.5, 0.6) is 0 Å². The fourth-order valence-electron chi connectivity index (χ4n) is 1.33. The monoisotopic (exact) mass is 291 g/mol. The van der Waals surface area contributed by atoms with Crippen molar-refractivity contribution in [2.45, 2.75) is 26.4 Å². The van der Waals surface area contributed by atoms with E-state index >= 15 is 0 Å². The van der Waals surface area contributed by atoms with Crippen LogP contribution >= 0.6 is 15.9 Å². The minimum Gasteiger partial charge on any atom is -0.310 e. The SMILES string of the molecule is CC(CBr)C(C)NCc1cc(F)cc(F)c1. The lowest BCUT2D eigenvalue weighted by atomic mass is 10.1. The highest BCUT2D eigenvalue weighted by atomic mass is 79.9. The molecule has 0 saturated carbocycles. The van der Waals surface area contributed by atoms with E-state index in [0.717, 1.165) is 11.4 Å². The van der Waals surface area contributed by atoms with Gasteiger partial charge in [0.15, 0.2) is 0 Å². The molecule has 0 aliphatic rings. The topological polar surface area (TPSA) is 12.0 Å². The van der Waals surface area contributed by atoms with Gasteiger partial charge in [-0.25, -0.2) is 8.78 Å². The van der Waals surface area contributed by atoms with Gasteiger partial charge in [-0.1, -0.05) is 22.9 Å². The second-order valence-corrected chi connectivity index (χ2v) is 4.73. The maximum absolute atomic E-state index is 12.9. The summed E-state index contributed by atoms with van der Waals surface area (Å²) in [6.07, 6.45) is 0. The van der Waals surface area contributed by atoms with Crippen LogP contribution in [0.3, 0.4) is 0 Å². The predicted molar refractivity (Wildman–Crippen MR) is 65.6 cm³/mol. The third-order valence-corrected chi connectivity index (χ3v) is 3.67. The first kappa shape index (κ1) is 13.6. The van der Waals surface area contributed by atoms with E-state index in [1.54, 1.807) is 0 Å². The van der Waals surface area contributed by atoms with Gasteiger partial charge in [0.2, 0.25) is 0 Å². The minimum atomic E-state index is -0.530. The zero-order valence-corrected chi connectivity index (χ0v) is 11.0. The van der Waals surface area contributed by atoms with Crippen molar-refractivity contribution in [3.8, 4) is 0 Å². The number of benzene rings is 1. The van der Waals surface area contributed by atoms with E-state index in [1.807, 2.05) is 0 Å². The summed E-state index contributed by atoms with van der Waals surface area (Å²) >= 11 is 3.40. The van der Waals surface area contributed by atoms with E-state index in [-0.39, 0.29) is 0 Å². The summed E-state index contributed by atoms with van der Waals surface area (Å²) in [5.41, 5.74) is 0.631. The summed E-state index contributed by atoms with van der Waals surface area (Å²) in [5.74, 6) is -0.589. The van der Waals surface area contributed by atoms with Crippen molar-refractivity contribution in [3.63, 3.8) is 0 Å². The lowest BCUT2D eigenvalue weighted by Crippen LogP contribution is -2.32. The molecule has 1 aromatic carbocycles. The molecule has 0 radical (unpaired) electrons. The highest BCUT2D eigenvalue weighted by molar-refractivity contribution is 9.09. The zero-order valence-electron chi connectivity index (χ0n) is 9.43. The van der Waals surface area contributed by atoms with Crippen LogP contribution in [0.25, 0.3) is 0 Å². The van der Waals surface area contributed by atoms with E-state index in [4.69, 9.17) is 0 Å². The van der Waals surface area contributed by atoms with Gasteiger partial charge in [-0.3, -0.25) is 0 Å². The van der Waals surface area contributed by atoms with Crippen molar-refractivity contribution in [1.29, 1.82) is 0 Å². The molecule has 0 spiro atoms. The van der Waals surface area contributed by atoms with E-state index in [0.29, 0.717) is 24.1 Å². The number of alkyl halides is 1. The van der Waals surface area contributed by atoms with Gasteiger partial charge >= 0.3 is 0 Å². The van der Waals surface area contributed by atoms with E-state index in [1.165, 1.54) is 12.1 Å². The average Bonchev–Trinajstić information content (AvgIpc) is 2.23. The van der Waals surface area contributed by atoms with Crippen molar-refractivity contribution in [2.75, 3.05) is 5.33 Å². The molecule has 0 amide bonds. The maximum atomic E-state index is 12.9. The van der Waals surface area contributed by atoms with Crippen LogP contribution in [0.15, 0.2) is 18.2 Å². The quantitative estimate of drug-likeness (QED) is 0.819. The van der Waals surface area contributed by atoms with Crippen molar-refractivity contribution in [2.24, 2.45) is 5.92 Å². The molecule has 1 N–H and O–H groups in total. The summed E-state index contributed by atoms with van der Waals surface area (Å²) in [4.78, 5) is 0. The Morgan fingerprint density at radius 1 is 1.19 bits per heavy atom. The molecule has 2 unspecified atom stereocenters. The Morgan fingerprint density at radius 3 is 2.25 bits per heavy atom. The number of rotatable bonds is 5. The second-order valence-electron chi connectivity index (χ2n) is 4.08. The Hall–Kier alpha value is -0.480. The lowest BCUT2D eigenvalue weighted by molar-refractivity contribution is 0.432. The number of hydrogen-bond acceptors (Lipinski definition) is 1. The first-order chi connectivity index (χ1) is 7.52. The van der Waals surface area contributed by atoms with Crippen molar-refractivity contribution < 1.29 is 8.78 Å². The highest BCUT2D eigenvalue weighted by Gasteiger charge is 2.10. The zero-order chi connectivity index (χ0) is 12.1. The van der Waals surface area contributed by atoms with Crippen molar-refractivity contribution in [1.82, 2.24) is 5.32 Å². The van der Waals surface area contributed by atoms with Crippen molar-refractivity contribution in [3.05, 3.63) is 35.4 Å². The van der Waals surface area contributed by atoms with Gasteiger partial charge in [0, 0.05) is 24.0 Å². The summed E-state index contributed by atoms with van der Waals surface area (Å²) in [7, 11) is 0. The van der Waals surface area contributed by atoms with Gasteiger partial charge < -0.3 is 5.32 Å². The smallest absolute Gasteiger partial charge is 0.126 e. The average molecular weight is 292 g/mol. The highest BCUT2D eigenvalue weighted by Crippen LogP contribution is 2.10. The standard InChI is InChI=1S/C12H16BrF2N/c1-8(6-13)9(2)16-7-10-3-11(14)5-12(15)4-10/h3-5,8-9,16H,6-7H2,1-2H3. The number of halogens is 3. The fraction of sp³-hybridized carbons (Fsp3) is 0.500. The first-order valence-electron chi connectivity index (χ1n) is 5.27. The summed E-state index contributed by atoms with van der Waals surface area (Å²) in [6, 6.07) is 3.88. The molecule has 1 nitrogen and oxygen atoms in total. The normalized spacial score (nSPS) is 14.8. The molecular weight excluding hydrogens is 276 g/mol. The minimum absolute atomic E-state index is 0.297. The van der Waals surface area contributed by atoms with Crippen LogP contribution in [0.1, 0.15) is 19.4 Å². The van der Waals surface area contributed by atoms with Crippen LogP contribution < -0.4 is 5.32 Å². The Kier molecular flexibility index (Phi) is 5.35. The van der Waals surface area contributed by atoms with Gasteiger partial charge in [0.25, 0.3) is 0 Å². The molecule has 2 atom stereocenters. The van der Waals surface area contributed by atoms with Crippen molar-refractivity contribution >= 4 is 15.9 Å². The van der Waals surface area contributed by atoms with Gasteiger partial charge in [-0.2, -0.15) is 0 Å². The van der Waals surface area contributed by atoms with Crippen LogP contribution in [0, 0.1) is 17.6 Å². The largest absolute Gasteiger partial charge is 0.310 e. The van der Waals surface area contributed by atoms with Crippen LogP contribution in [-0.4, -0.2) is 11.4 Å². The molecule has 0 bridgehead atoms. The Balaban J connectivity index is 2.54. The molecule has 0 aromatic heterocycles. The summed E-state index contributed by atoms with van der Waals surface area (Å²) in [5, 5.41) is 4.14. The molecule has 1 rings (SSSR count). The van der Waals surface area contributed by atoms with E-state index in [9.17, 15) is 8.78 Å².